The van der Waals surface area contributed by atoms with Gasteiger partial charge in [-0.3, -0.25) is 13.8 Å². The number of esters is 1. The summed E-state index contributed by atoms with van der Waals surface area (Å²) in [6.07, 6.45) is 35.8. The highest BCUT2D eigenvalue weighted by molar-refractivity contribution is 7.47. The van der Waals surface area contributed by atoms with Crippen molar-refractivity contribution in [3.63, 3.8) is 0 Å². The molecule has 0 saturated heterocycles. The number of allylic oxidation sites excluding steroid dienone is 6. The zero-order chi connectivity index (χ0) is 33.1. The Labute approximate surface area is 276 Å². The summed E-state index contributed by atoms with van der Waals surface area (Å²) >= 11 is 0. The highest BCUT2D eigenvalue weighted by Crippen LogP contribution is 2.43. The largest absolute Gasteiger partial charge is 0.472 e. The van der Waals surface area contributed by atoms with Crippen LogP contribution in [-0.4, -0.2) is 49.9 Å². The monoisotopic (exact) mass is 657 g/mol. The van der Waals surface area contributed by atoms with Gasteiger partial charge in [-0.25, -0.2) is 4.57 Å². The zero-order valence-corrected chi connectivity index (χ0v) is 29.7. The molecule has 0 aliphatic heterocycles. The van der Waals surface area contributed by atoms with Crippen molar-refractivity contribution in [2.45, 2.75) is 155 Å². The van der Waals surface area contributed by atoms with Crippen molar-refractivity contribution in [1.82, 2.24) is 0 Å². The summed E-state index contributed by atoms with van der Waals surface area (Å²) < 4.78 is 33.2. The van der Waals surface area contributed by atoms with E-state index in [1.54, 1.807) is 0 Å². The number of carbonyl (C=O) groups is 1. The first-order valence-electron chi connectivity index (χ1n) is 18.0. The molecular formula is C36H68NO7P. The standard InChI is InChI=1S/C36H68NO7P/c1-3-5-7-9-11-13-15-17-19-21-23-25-27-29-36(38)44-35(34-43-45(39,40)42-32-30-37)33-41-31-28-26-24-22-20-18-16-14-12-10-8-6-4-2/h7,9,12-15,35H,3-6,8,10-11,16-34,37H2,1-2H3,(H,39,40)/b9-7-,14-12-,15-13-. The van der Waals surface area contributed by atoms with Gasteiger partial charge < -0.3 is 20.1 Å². The van der Waals surface area contributed by atoms with Crippen LogP contribution < -0.4 is 5.73 Å². The lowest BCUT2D eigenvalue weighted by atomic mass is 10.1. The second-order valence-electron chi connectivity index (χ2n) is 11.7. The number of carbonyl (C=O) groups excluding carboxylic acids is 1. The third kappa shape index (κ3) is 33.9. The molecule has 0 aromatic heterocycles. The molecule has 0 aliphatic rings. The smallest absolute Gasteiger partial charge is 0.457 e. The number of nitrogens with two attached hydrogens (primary N) is 1. The SMILES string of the molecule is CCC/C=C\C/C=C\CCCCCCCC(=O)OC(COCCCCCCCC/C=C\CCCCC)COP(=O)(O)OCCN. The van der Waals surface area contributed by atoms with Crippen molar-refractivity contribution in [2.75, 3.05) is 33.0 Å². The maximum Gasteiger partial charge on any atom is 0.472 e. The first-order chi connectivity index (χ1) is 21.9. The van der Waals surface area contributed by atoms with Crippen molar-refractivity contribution in [3.8, 4) is 0 Å². The first kappa shape index (κ1) is 43.7. The lowest BCUT2D eigenvalue weighted by Gasteiger charge is -2.20. The van der Waals surface area contributed by atoms with E-state index in [9.17, 15) is 14.3 Å². The minimum absolute atomic E-state index is 0.0963. The Balaban J connectivity index is 4.16. The molecule has 0 aromatic rings. The van der Waals surface area contributed by atoms with Crippen molar-refractivity contribution in [1.29, 1.82) is 0 Å². The summed E-state index contributed by atoms with van der Waals surface area (Å²) in [4.78, 5) is 22.3. The summed E-state index contributed by atoms with van der Waals surface area (Å²) in [6.45, 7) is 4.78. The van der Waals surface area contributed by atoms with Gasteiger partial charge in [-0.15, -0.1) is 0 Å². The molecule has 0 amide bonds. The first-order valence-corrected chi connectivity index (χ1v) is 19.5. The van der Waals surface area contributed by atoms with Gasteiger partial charge in [0.05, 0.1) is 19.8 Å². The van der Waals surface area contributed by atoms with E-state index in [1.807, 2.05) is 0 Å². The Bertz CT molecular complexity index is 787. The van der Waals surface area contributed by atoms with Crippen molar-refractivity contribution in [3.05, 3.63) is 36.5 Å². The molecular weight excluding hydrogens is 589 g/mol. The lowest BCUT2D eigenvalue weighted by molar-refractivity contribution is -0.154. The third-order valence-corrected chi connectivity index (χ3v) is 8.24. The van der Waals surface area contributed by atoms with Crippen LogP contribution in [0.2, 0.25) is 0 Å². The average Bonchev–Trinajstić information content (AvgIpc) is 3.02. The molecule has 0 rings (SSSR count). The molecule has 0 fully saturated rings. The molecule has 0 heterocycles. The van der Waals surface area contributed by atoms with Crippen LogP contribution >= 0.6 is 7.82 Å². The number of hydrogen-bond donors (Lipinski definition) is 2. The molecule has 0 aromatic carbocycles. The topological polar surface area (TPSA) is 117 Å². The van der Waals surface area contributed by atoms with Crippen LogP contribution in [0.25, 0.3) is 0 Å². The average molecular weight is 658 g/mol. The van der Waals surface area contributed by atoms with E-state index in [4.69, 9.17) is 24.3 Å². The van der Waals surface area contributed by atoms with Crippen LogP contribution in [0.15, 0.2) is 36.5 Å². The van der Waals surface area contributed by atoms with Gasteiger partial charge >= 0.3 is 13.8 Å². The normalized spacial score (nSPS) is 14.1. The minimum atomic E-state index is -4.27. The third-order valence-electron chi connectivity index (χ3n) is 7.26. The van der Waals surface area contributed by atoms with E-state index < -0.39 is 13.9 Å². The minimum Gasteiger partial charge on any atom is -0.457 e. The lowest BCUT2D eigenvalue weighted by Crippen LogP contribution is -2.28. The van der Waals surface area contributed by atoms with Gasteiger partial charge in [0, 0.05) is 19.6 Å². The van der Waals surface area contributed by atoms with Crippen molar-refractivity contribution in [2.24, 2.45) is 5.73 Å². The number of unbranched alkanes of at least 4 members (excludes halogenated alkanes) is 15. The molecule has 0 bridgehead atoms. The van der Waals surface area contributed by atoms with Crippen molar-refractivity contribution < 1.29 is 32.8 Å². The Morgan fingerprint density at radius 2 is 1.22 bits per heavy atom. The molecule has 2 unspecified atom stereocenters. The second kappa shape index (κ2) is 34.1. The summed E-state index contributed by atoms with van der Waals surface area (Å²) in [6, 6.07) is 0. The fourth-order valence-electron chi connectivity index (χ4n) is 4.61. The highest BCUT2D eigenvalue weighted by Gasteiger charge is 2.25. The van der Waals surface area contributed by atoms with Gasteiger partial charge in [-0.05, 0) is 64.2 Å². The molecule has 0 aliphatic carbocycles. The molecule has 0 saturated carbocycles. The van der Waals surface area contributed by atoms with E-state index in [1.165, 1.54) is 64.2 Å². The van der Waals surface area contributed by atoms with Crippen LogP contribution in [0.5, 0.6) is 0 Å². The van der Waals surface area contributed by atoms with E-state index in [0.29, 0.717) is 13.0 Å². The quantitative estimate of drug-likeness (QED) is 0.0304. The molecule has 45 heavy (non-hydrogen) atoms. The number of rotatable bonds is 34. The zero-order valence-electron chi connectivity index (χ0n) is 28.8. The summed E-state index contributed by atoms with van der Waals surface area (Å²) in [5.41, 5.74) is 5.34. The summed E-state index contributed by atoms with van der Waals surface area (Å²) in [7, 11) is -4.27. The maximum absolute atomic E-state index is 12.5. The molecule has 3 N–H and O–H groups in total. The highest BCUT2D eigenvalue weighted by atomic mass is 31.2. The van der Waals surface area contributed by atoms with Gasteiger partial charge in [0.15, 0.2) is 0 Å². The fraction of sp³-hybridized carbons (Fsp3) is 0.806. The second-order valence-corrected chi connectivity index (χ2v) is 13.2. The van der Waals surface area contributed by atoms with Gasteiger partial charge in [0.25, 0.3) is 0 Å². The van der Waals surface area contributed by atoms with Gasteiger partial charge in [0.1, 0.15) is 6.10 Å². The number of phosphoric acid groups is 1. The number of phosphoric ester groups is 1. The van der Waals surface area contributed by atoms with E-state index in [-0.39, 0.29) is 32.3 Å². The van der Waals surface area contributed by atoms with Crippen LogP contribution in [0.3, 0.4) is 0 Å². The van der Waals surface area contributed by atoms with Crippen LogP contribution in [0, 0.1) is 0 Å². The van der Waals surface area contributed by atoms with Gasteiger partial charge in [0.2, 0.25) is 0 Å². The molecule has 0 spiro atoms. The maximum atomic E-state index is 12.5. The van der Waals surface area contributed by atoms with Gasteiger partial charge in [-0.2, -0.15) is 0 Å². The Morgan fingerprint density at radius 1 is 0.667 bits per heavy atom. The number of hydrogen-bond acceptors (Lipinski definition) is 7. The molecule has 0 radical (unpaired) electrons. The van der Waals surface area contributed by atoms with Crippen molar-refractivity contribution >= 4 is 13.8 Å². The predicted molar refractivity (Wildman–Crippen MR) is 187 cm³/mol. The Kier molecular flexibility index (Phi) is 33.1. The van der Waals surface area contributed by atoms with Crippen LogP contribution in [0.4, 0.5) is 0 Å². The van der Waals surface area contributed by atoms with Gasteiger partial charge in [-0.1, -0.05) is 115 Å². The summed E-state index contributed by atoms with van der Waals surface area (Å²) in [5.74, 6) is -0.349. The van der Waals surface area contributed by atoms with E-state index in [2.05, 4.69) is 50.3 Å². The summed E-state index contributed by atoms with van der Waals surface area (Å²) in [5, 5.41) is 0. The van der Waals surface area contributed by atoms with Crippen LogP contribution in [0.1, 0.15) is 149 Å². The molecule has 2 atom stereocenters. The van der Waals surface area contributed by atoms with E-state index >= 15 is 0 Å². The predicted octanol–water partition coefficient (Wildman–Crippen LogP) is 9.91. The fourth-order valence-corrected chi connectivity index (χ4v) is 5.38. The molecule has 264 valence electrons. The number of ether oxygens (including phenoxy) is 2. The molecule has 9 heteroatoms. The Hall–Kier alpha value is -1.28. The van der Waals surface area contributed by atoms with Crippen LogP contribution in [-0.2, 0) is 27.9 Å². The molecule has 8 nitrogen and oxygen atoms in total. The van der Waals surface area contributed by atoms with E-state index in [0.717, 1.165) is 64.2 Å². The Morgan fingerprint density at radius 3 is 1.84 bits per heavy atom.